The monoisotopic (exact) mass is 370 g/mol. The molecule has 3 rings (SSSR count). The topological polar surface area (TPSA) is 55.1 Å². The summed E-state index contributed by atoms with van der Waals surface area (Å²) in [4.78, 5) is 16.2. The van der Waals surface area contributed by atoms with Crippen molar-refractivity contribution >= 4 is 23.4 Å². The lowest BCUT2D eigenvalue weighted by Gasteiger charge is -2.08. The molecule has 6 heteroatoms. The van der Waals surface area contributed by atoms with E-state index in [0.717, 1.165) is 11.3 Å². The van der Waals surface area contributed by atoms with Crippen LogP contribution in [0.25, 0.3) is 11.3 Å². The van der Waals surface area contributed by atoms with E-state index < -0.39 is 0 Å². The number of thioether (sulfide) groups is 1. The third-order valence-electron chi connectivity index (χ3n) is 3.80. The van der Waals surface area contributed by atoms with Crippen molar-refractivity contribution in [1.82, 2.24) is 4.98 Å². The van der Waals surface area contributed by atoms with Crippen LogP contribution < -0.4 is 5.32 Å². The fourth-order valence-electron chi connectivity index (χ4n) is 2.35. The lowest BCUT2D eigenvalue weighted by atomic mass is 10.0. The number of nitrogens with one attached hydrogen (secondary N) is 1. The molecule has 3 aromatic rings. The molecule has 26 heavy (non-hydrogen) atoms. The number of rotatable bonds is 6. The van der Waals surface area contributed by atoms with Gasteiger partial charge in [-0.25, -0.2) is 9.37 Å². The zero-order valence-corrected chi connectivity index (χ0v) is 15.3. The van der Waals surface area contributed by atoms with E-state index in [4.69, 9.17) is 4.42 Å². The van der Waals surface area contributed by atoms with Crippen LogP contribution in [-0.2, 0) is 4.79 Å². The van der Waals surface area contributed by atoms with E-state index in [-0.39, 0.29) is 17.5 Å². The first-order valence-electron chi connectivity index (χ1n) is 8.25. The van der Waals surface area contributed by atoms with Gasteiger partial charge in [0.05, 0.1) is 11.9 Å². The maximum absolute atomic E-state index is 13.0. The predicted molar refractivity (Wildman–Crippen MR) is 102 cm³/mol. The Morgan fingerprint density at radius 3 is 2.50 bits per heavy atom. The molecule has 0 saturated heterocycles. The maximum Gasteiger partial charge on any atom is 0.256 e. The van der Waals surface area contributed by atoms with Crippen molar-refractivity contribution in [1.29, 1.82) is 0 Å². The van der Waals surface area contributed by atoms with E-state index in [1.54, 1.807) is 18.3 Å². The van der Waals surface area contributed by atoms with Gasteiger partial charge in [-0.15, -0.1) is 0 Å². The Hall–Kier alpha value is -2.60. The van der Waals surface area contributed by atoms with Crippen LogP contribution in [-0.4, -0.2) is 16.6 Å². The number of anilines is 1. The lowest BCUT2D eigenvalue weighted by Crippen LogP contribution is -2.13. The number of oxazole rings is 1. The number of carbonyl (C=O) groups is 1. The quantitative estimate of drug-likeness (QED) is 0.596. The minimum atomic E-state index is -0.305. The predicted octanol–water partition coefficient (Wildman–Crippen LogP) is 5.33. The number of benzene rings is 2. The van der Waals surface area contributed by atoms with Crippen molar-refractivity contribution in [2.75, 3.05) is 11.1 Å². The average molecular weight is 370 g/mol. The molecule has 0 unspecified atom stereocenters. The van der Waals surface area contributed by atoms with E-state index >= 15 is 0 Å². The van der Waals surface area contributed by atoms with E-state index in [2.05, 4.69) is 24.1 Å². The Balaban J connectivity index is 1.54. The van der Waals surface area contributed by atoms with Gasteiger partial charge < -0.3 is 9.73 Å². The van der Waals surface area contributed by atoms with Crippen LogP contribution in [0.4, 0.5) is 10.1 Å². The number of aromatic nitrogens is 1. The van der Waals surface area contributed by atoms with Gasteiger partial charge in [0.25, 0.3) is 5.22 Å². The molecule has 0 atom stereocenters. The van der Waals surface area contributed by atoms with Crippen LogP contribution >= 0.6 is 11.8 Å². The van der Waals surface area contributed by atoms with E-state index in [1.165, 1.54) is 29.5 Å². The summed E-state index contributed by atoms with van der Waals surface area (Å²) in [6.07, 6.45) is 1.57. The maximum atomic E-state index is 13.0. The summed E-state index contributed by atoms with van der Waals surface area (Å²) in [5.74, 6) is 0.748. The molecular weight excluding hydrogens is 351 g/mol. The van der Waals surface area contributed by atoms with Crippen molar-refractivity contribution in [3.63, 3.8) is 0 Å². The van der Waals surface area contributed by atoms with Crippen molar-refractivity contribution in [3.05, 3.63) is 66.1 Å². The van der Waals surface area contributed by atoms with Crippen molar-refractivity contribution in [2.24, 2.45) is 0 Å². The summed E-state index contributed by atoms with van der Waals surface area (Å²) < 4.78 is 18.6. The minimum Gasteiger partial charge on any atom is -0.431 e. The first-order valence-corrected chi connectivity index (χ1v) is 9.24. The molecule has 2 aromatic carbocycles. The highest BCUT2D eigenvalue weighted by atomic mass is 32.2. The summed E-state index contributed by atoms with van der Waals surface area (Å²) in [7, 11) is 0. The van der Waals surface area contributed by atoms with Gasteiger partial charge in [0.2, 0.25) is 5.91 Å². The molecule has 0 aliphatic heterocycles. The Morgan fingerprint density at radius 1 is 1.15 bits per heavy atom. The summed E-state index contributed by atoms with van der Waals surface area (Å²) in [6.45, 7) is 4.25. The molecule has 1 amide bonds. The Labute approximate surface area is 155 Å². The lowest BCUT2D eigenvalue weighted by molar-refractivity contribution is -0.113. The molecule has 0 bridgehead atoms. The van der Waals surface area contributed by atoms with Gasteiger partial charge in [0, 0.05) is 11.3 Å². The second-order valence-electron chi connectivity index (χ2n) is 6.11. The van der Waals surface area contributed by atoms with Gasteiger partial charge in [-0.1, -0.05) is 37.7 Å². The first-order chi connectivity index (χ1) is 12.5. The molecule has 0 saturated carbocycles. The molecule has 0 spiro atoms. The molecule has 0 radical (unpaired) electrons. The van der Waals surface area contributed by atoms with Crippen LogP contribution in [0.1, 0.15) is 25.3 Å². The largest absolute Gasteiger partial charge is 0.431 e. The van der Waals surface area contributed by atoms with Gasteiger partial charge in [0.1, 0.15) is 5.82 Å². The number of nitrogens with zero attached hydrogens (tertiary/aromatic N) is 1. The summed E-state index contributed by atoms with van der Waals surface area (Å²) in [5.41, 5.74) is 2.73. The molecule has 4 nitrogen and oxygen atoms in total. The van der Waals surface area contributed by atoms with E-state index in [1.807, 2.05) is 24.3 Å². The minimum absolute atomic E-state index is 0.131. The van der Waals surface area contributed by atoms with Gasteiger partial charge in [-0.3, -0.25) is 4.79 Å². The average Bonchev–Trinajstić information content (AvgIpc) is 3.10. The van der Waals surface area contributed by atoms with E-state index in [9.17, 15) is 9.18 Å². The van der Waals surface area contributed by atoms with Crippen LogP contribution in [0.3, 0.4) is 0 Å². The highest BCUT2D eigenvalue weighted by molar-refractivity contribution is 7.99. The summed E-state index contributed by atoms with van der Waals surface area (Å²) >= 11 is 1.21. The Morgan fingerprint density at radius 2 is 1.85 bits per heavy atom. The molecule has 1 heterocycles. The summed E-state index contributed by atoms with van der Waals surface area (Å²) in [5, 5.41) is 3.25. The van der Waals surface area contributed by atoms with Crippen LogP contribution in [0.5, 0.6) is 0 Å². The standard InChI is InChI=1S/C20H19FN2O2S/c1-13(2)14-5-9-17(10-6-14)23-19(24)12-26-20-22-11-18(25-20)15-3-7-16(21)8-4-15/h3-11,13H,12H2,1-2H3,(H,23,24). The van der Waals surface area contributed by atoms with Crippen molar-refractivity contribution in [3.8, 4) is 11.3 Å². The Kier molecular flexibility index (Phi) is 5.73. The molecule has 0 fully saturated rings. The third kappa shape index (κ3) is 4.73. The highest BCUT2D eigenvalue weighted by Crippen LogP contribution is 2.25. The summed E-state index contributed by atoms with van der Waals surface area (Å²) in [6, 6.07) is 13.8. The number of hydrogen-bond donors (Lipinski definition) is 1. The molecule has 134 valence electrons. The number of halogens is 1. The second kappa shape index (κ2) is 8.19. The smallest absolute Gasteiger partial charge is 0.256 e. The van der Waals surface area contributed by atoms with Crippen LogP contribution in [0.2, 0.25) is 0 Å². The number of amides is 1. The van der Waals surface area contributed by atoms with Gasteiger partial charge in [-0.05, 0) is 47.9 Å². The van der Waals surface area contributed by atoms with Crippen LogP contribution in [0, 0.1) is 5.82 Å². The molecule has 1 aromatic heterocycles. The first kappa shape index (κ1) is 18.2. The van der Waals surface area contributed by atoms with Gasteiger partial charge >= 0.3 is 0 Å². The molecule has 1 N–H and O–H groups in total. The fourth-order valence-corrected chi connectivity index (χ4v) is 2.95. The third-order valence-corrected chi connectivity index (χ3v) is 4.64. The highest BCUT2D eigenvalue weighted by Gasteiger charge is 2.10. The van der Waals surface area contributed by atoms with Gasteiger partial charge in [0.15, 0.2) is 5.76 Å². The number of carbonyl (C=O) groups excluding carboxylic acids is 1. The van der Waals surface area contributed by atoms with Crippen molar-refractivity contribution < 1.29 is 13.6 Å². The van der Waals surface area contributed by atoms with Crippen molar-refractivity contribution in [2.45, 2.75) is 25.0 Å². The SMILES string of the molecule is CC(C)c1ccc(NC(=O)CSc2ncc(-c3ccc(F)cc3)o2)cc1. The Bertz CT molecular complexity index is 874. The second-order valence-corrected chi connectivity index (χ2v) is 7.04. The normalized spacial score (nSPS) is 10.9. The zero-order valence-electron chi connectivity index (χ0n) is 14.5. The molecule has 0 aliphatic rings. The van der Waals surface area contributed by atoms with E-state index in [0.29, 0.717) is 16.9 Å². The van der Waals surface area contributed by atoms with Crippen LogP contribution in [0.15, 0.2) is 64.4 Å². The fraction of sp³-hybridized carbons (Fsp3) is 0.200. The molecular formula is C20H19FN2O2S. The zero-order chi connectivity index (χ0) is 18.5. The number of hydrogen-bond acceptors (Lipinski definition) is 4. The van der Waals surface area contributed by atoms with Gasteiger partial charge in [-0.2, -0.15) is 0 Å². The molecule has 0 aliphatic carbocycles.